The lowest BCUT2D eigenvalue weighted by Gasteiger charge is -2.41. The molecule has 1 aliphatic carbocycles. The van der Waals surface area contributed by atoms with E-state index in [0.717, 1.165) is 30.8 Å². The highest BCUT2D eigenvalue weighted by Gasteiger charge is 2.37. The molecule has 1 saturated heterocycles. The first kappa shape index (κ1) is 23.2. The minimum absolute atomic E-state index is 0.0235. The molecule has 1 aliphatic heterocycles. The molecule has 32 heavy (non-hydrogen) atoms. The first-order valence-corrected chi connectivity index (χ1v) is 13.2. The van der Waals surface area contributed by atoms with Crippen LogP contribution in [0, 0.1) is 5.92 Å². The van der Waals surface area contributed by atoms with Crippen molar-refractivity contribution in [2.24, 2.45) is 5.92 Å². The zero-order chi connectivity index (χ0) is 22.6. The summed E-state index contributed by atoms with van der Waals surface area (Å²) in [7, 11) is -3.30. The zero-order valence-corrected chi connectivity index (χ0v) is 19.4. The summed E-state index contributed by atoms with van der Waals surface area (Å²) in [6, 6.07) is 15.5. The van der Waals surface area contributed by atoms with E-state index < -0.39 is 15.6 Å². The van der Waals surface area contributed by atoms with E-state index in [-0.39, 0.29) is 18.1 Å². The largest absolute Gasteiger partial charge is 0.385 e. The number of sulfonamides is 1. The van der Waals surface area contributed by atoms with Gasteiger partial charge in [0.25, 0.3) is 0 Å². The number of rotatable bonds is 7. The van der Waals surface area contributed by atoms with E-state index in [1.807, 2.05) is 48.5 Å². The van der Waals surface area contributed by atoms with Crippen LogP contribution in [-0.4, -0.2) is 56.6 Å². The molecule has 2 fully saturated rings. The Bertz CT molecular complexity index is 963. The number of aliphatic hydroxyl groups is 1. The highest BCUT2D eigenvalue weighted by Crippen LogP contribution is 2.38. The summed E-state index contributed by atoms with van der Waals surface area (Å²) in [5, 5.41) is 11.1. The maximum Gasteiger partial charge on any atom is 0.208 e. The number of benzene rings is 1. The first-order valence-electron chi connectivity index (χ1n) is 11.4. The molecule has 0 radical (unpaired) electrons. The predicted octanol–water partition coefficient (Wildman–Crippen LogP) is 2.67. The summed E-state index contributed by atoms with van der Waals surface area (Å²) in [6.07, 6.45) is 6.66. The fourth-order valence-corrected chi connectivity index (χ4v) is 5.77. The number of anilines is 1. The van der Waals surface area contributed by atoms with Gasteiger partial charge in [-0.25, -0.2) is 18.1 Å². The van der Waals surface area contributed by atoms with Crippen LogP contribution in [0.5, 0.6) is 0 Å². The Hall–Kier alpha value is -2.00. The smallest absolute Gasteiger partial charge is 0.208 e. The van der Waals surface area contributed by atoms with Gasteiger partial charge in [-0.15, -0.1) is 0 Å². The van der Waals surface area contributed by atoms with E-state index >= 15 is 0 Å². The fourth-order valence-electron chi connectivity index (χ4n) is 4.91. The van der Waals surface area contributed by atoms with Gasteiger partial charge in [0.15, 0.2) is 0 Å². The minimum Gasteiger partial charge on any atom is -0.385 e. The Balaban J connectivity index is 1.36. The van der Waals surface area contributed by atoms with Crippen molar-refractivity contribution in [2.45, 2.75) is 49.9 Å². The summed E-state index contributed by atoms with van der Waals surface area (Å²) >= 11 is 0. The van der Waals surface area contributed by atoms with Crippen molar-refractivity contribution in [3.8, 4) is 0 Å². The number of pyridine rings is 1. The van der Waals surface area contributed by atoms with Crippen LogP contribution in [0.3, 0.4) is 0 Å². The molecule has 1 aromatic heterocycles. The van der Waals surface area contributed by atoms with Crippen LogP contribution >= 0.6 is 0 Å². The predicted molar refractivity (Wildman–Crippen MR) is 125 cm³/mol. The van der Waals surface area contributed by atoms with Crippen LogP contribution in [0.4, 0.5) is 5.82 Å². The Morgan fingerprint density at radius 1 is 1.12 bits per heavy atom. The summed E-state index contributed by atoms with van der Waals surface area (Å²) in [6.45, 7) is 1.91. The fraction of sp³-hybridized carbons (Fsp3) is 0.542. The monoisotopic (exact) mass is 459 g/mol. The van der Waals surface area contributed by atoms with E-state index in [0.29, 0.717) is 32.4 Å². The van der Waals surface area contributed by atoms with Crippen molar-refractivity contribution >= 4 is 15.8 Å². The molecule has 0 amide bonds. The minimum atomic E-state index is -3.30. The highest BCUT2D eigenvalue weighted by atomic mass is 32.2. The number of nitrogens with zero attached hydrogens (tertiary/aromatic N) is 2. The average Bonchev–Trinajstić information content (AvgIpc) is 2.80. The van der Waals surface area contributed by atoms with Crippen LogP contribution in [0.15, 0.2) is 54.7 Å². The van der Waals surface area contributed by atoms with Gasteiger partial charge >= 0.3 is 0 Å². The van der Waals surface area contributed by atoms with Crippen LogP contribution in [0.1, 0.15) is 37.7 Å². The number of hydrogen-bond donors (Lipinski definition) is 2. The van der Waals surface area contributed by atoms with Crippen molar-refractivity contribution in [3.05, 3.63) is 60.3 Å². The Labute approximate surface area is 190 Å². The zero-order valence-electron chi connectivity index (χ0n) is 18.6. The third-order valence-electron chi connectivity index (χ3n) is 6.69. The summed E-state index contributed by atoms with van der Waals surface area (Å²) in [5.41, 5.74) is 0.177. The van der Waals surface area contributed by atoms with Crippen LogP contribution in [-0.2, 0) is 20.4 Å². The lowest BCUT2D eigenvalue weighted by Crippen LogP contribution is -2.52. The SMILES string of the molecule is CS(=O)(=O)NC1CCN(c2ccccn2)CC1COC1CCC(O)(c2ccccc2)CC1. The molecule has 2 atom stereocenters. The van der Waals surface area contributed by atoms with Gasteiger partial charge in [-0.2, -0.15) is 0 Å². The number of ether oxygens (including phenoxy) is 1. The van der Waals surface area contributed by atoms with Gasteiger partial charge in [-0.05, 0) is 49.8 Å². The molecule has 1 saturated carbocycles. The number of piperidine rings is 1. The summed E-state index contributed by atoms with van der Waals surface area (Å²) in [5.74, 6) is 0.927. The molecule has 8 heteroatoms. The van der Waals surface area contributed by atoms with Crippen molar-refractivity contribution in [2.75, 3.05) is 30.9 Å². The molecule has 2 aromatic rings. The topological polar surface area (TPSA) is 91.8 Å². The molecule has 1 aromatic carbocycles. The normalized spacial score (nSPS) is 29.1. The molecule has 4 rings (SSSR count). The summed E-state index contributed by atoms with van der Waals surface area (Å²) in [4.78, 5) is 6.65. The molecule has 2 N–H and O–H groups in total. The van der Waals surface area contributed by atoms with Gasteiger partial charge < -0.3 is 14.7 Å². The van der Waals surface area contributed by atoms with Crippen molar-refractivity contribution < 1.29 is 18.3 Å². The molecule has 2 aliphatic rings. The van der Waals surface area contributed by atoms with Gasteiger partial charge in [0, 0.05) is 31.2 Å². The van der Waals surface area contributed by atoms with Crippen molar-refractivity contribution in [1.82, 2.24) is 9.71 Å². The number of aromatic nitrogens is 1. The lowest BCUT2D eigenvalue weighted by atomic mass is 9.78. The van der Waals surface area contributed by atoms with Gasteiger partial charge in [-0.1, -0.05) is 36.4 Å². The van der Waals surface area contributed by atoms with Gasteiger partial charge in [0.05, 0.1) is 24.6 Å². The second kappa shape index (κ2) is 9.87. The van der Waals surface area contributed by atoms with Crippen LogP contribution < -0.4 is 9.62 Å². The van der Waals surface area contributed by atoms with E-state index in [2.05, 4.69) is 14.6 Å². The second-order valence-corrected chi connectivity index (χ2v) is 10.9. The van der Waals surface area contributed by atoms with E-state index in [1.54, 1.807) is 6.20 Å². The van der Waals surface area contributed by atoms with E-state index in [9.17, 15) is 13.5 Å². The summed E-state index contributed by atoms with van der Waals surface area (Å²) < 4.78 is 32.9. The third kappa shape index (κ3) is 5.86. The molecule has 174 valence electrons. The Morgan fingerprint density at radius 3 is 2.50 bits per heavy atom. The van der Waals surface area contributed by atoms with E-state index in [1.165, 1.54) is 6.26 Å². The molecule has 7 nitrogen and oxygen atoms in total. The maximum absolute atomic E-state index is 11.9. The second-order valence-electron chi connectivity index (χ2n) is 9.11. The average molecular weight is 460 g/mol. The number of hydrogen-bond acceptors (Lipinski definition) is 6. The molecule has 0 spiro atoms. The van der Waals surface area contributed by atoms with Crippen LogP contribution in [0.2, 0.25) is 0 Å². The van der Waals surface area contributed by atoms with Gasteiger partial charge in [0.1, 0.15) is 5.82 Å². The molecular weight excluding hydrogens is 426 g/mol. The number of nitrogens with one attached hydrogen (secondary N) is 1. The Morgan fingerprint density at radius 2 is 1.84 bits per heavy atom. The maximum atomic E-state index is 11.9. The highest BCUT2D eigenvalue weighted by molar-refractivity contribution is 7.88. The third-order valence-corrected chi connectivity index (χ3v) is 7.42. The lowest BCUT2D eigenvalue weighted by molar-refractivity contribution is -0.0677. The first-order chi connectivity index (χ1) is 15.3. The molecule has 0 bridgehead atoms. The van der Waals surface area contributed by atoms with Crippen molar-refractivity contribution in [3.63, 3.8) is 0 Å². The van der Waals surface area contributed by atoms with Crippen molar-refractivity contribution in [1.29, 1.82) is 0 Å². The molecule has 2 heterocycles. The van der Waals surface area contributed by atoms with E-state index in [4.69, 9.17) is 4.74 Å². The quantitative estimate of drug-likeness (QED) is 0.662. The van der Waals surface area contributed by atoms with Crippen LogP contribution in [0.25, 0.3) is 0 Å². The Kier molecular flexibility index (Phi) is 7.14. The molecule has 2 unspecified atom stereocenters. The van der Waals surface area contributed by atoms with Gasteiger partial charge in [0.2, 0.25) is 10.0 Å². The standard InChI is InChI=1S/C24H33N3O4S/c1-32(29,30)26-22-12-16-27(23-9-5-6-15-25-23)17-19(22)18-31-21-10-13-24(28,14-11-21)20-7-3-2-4-8-20/h2-9,15,19,21-22,26,28H,10-14,16-18H2,1H3. The van der Waals surface area contributed by atoms with Gasteiger partial charge in [-0.3, -0.25) is 0 Å². The molecular formula is C24H33N3O4S.